The third-order valence-electron chi connectivity index (χ3n) is 4.31. The topological polar surface area (TPSA) is 8.81 Å². The Bertz CT molecular complexity index is 624. The maximum absolute atomic E-state index is 2.37. The van der Waals surface area contributed by atoms with Gasteiger partial charge in [0.2, 0.25) is 6.33 Å². The molecule has 1 aromatic heterocycles. The maximum atomic E-state index is 2.37. The van der Waals surface area contributed by atoms with E-state index in [2.05, 4.69) is 80.5 Å². The molecule has 1 aliphatic carbocycles. The monoisotopic (exact) mass is 382 g/mol. The lowest BCUT2D eigenvalue weighted by atomic mass is 9.82. The van der Waals surface area contributed by atoms with Crippen LogP contribution in [-0.2, 0) is 17.9 Å². The van der Waals surface area contributed by atoms with Gasteiger partial charge in [-0.25, -0.2) is 4.57 Å². The van der Waals surface area contributed by atoms with Crippen LogP contribution in [0.4, 0.5) is 0 Å². The van der Waals surface area contributed by atoms with Gasteiger partial charge < -0.3 is 24.0 Å². The second-order valence-corrected chi connectivity index (χ2v) is 7.07. The van der Waals surface area contributed by atoms with E-state index >= 15 is 0 Å². The molecule has 0 spiro atoms. The molecular weight excluding hydrogens is 359 g/mol. The second kappa shape index (κ2) is 4.86. The standard InChI is InChI=1S/C17H23N2.HI/c1-16(2)11-17(3,4)15-14(16)18(5)12-19(15)13-9-7-6-8-10-13;/h6-10,12H,11H2,1-5H3;1H/q+1;/p-1. The Morgan fingerprint density at radius 3 is 2.20 bits per heavy atom. The molecule has 1 heterocycles. The molecule has 0 saturated heterocycles. The van der Waals surface area contributed by atoms with E-state index in [-0.39, 0.29) is 34.8 Å². The van der Waals surface area contributed by atoms with Crippen LogP contribution in [0, 0.1) is 0 Å². The fraction of sp³-hybridized carbons (Fsp3) is 0.471. The molecule has 1 aromatic carbocycles. The van der Waals surface area contributed by atoms with E-state index in [1.54, 1.807) is 0 Å². The van der Waals surface area contributed by atoms with E-state index in [1.807, 2.05) is 0 Å². The normalized spacial score (nSPS) is 18.4. The Hall–Kier alpha value is -0.840. The number of hydrogen-bond acceptors (Lipinski definition) is 0. The summed E-state index contributed by atoms with van der Waals surface area (Å²) in [6.45, 7) is 9.44. The molecule has 0 bridgehead atoms. The van der Waals surface area contributed by atoms with Gasteiger partial charge in [-0.3, -0.25) is 0 Å². The number of hydrogen-bond donors (Lipinski definition) is 0. The molecule has 1 aliphatic rings. The van der Waals surface area contributed by atoms with E-state index in [0.717, 1.165) is 0 Å². The van der Waals surface area contributed by atoms with Crippen LogP contribution >= 0.6 is 0 Å². The summed E-state index contributed by atoms with van der Waals surface area (Å²) in [4.78, 5) is 0. The lowest BCUT2D eigenvalue weighted by Gasteiger charge is -2.21. The Morgan fingerprint density at radius 1 is 1.00 bits per heavy atom. The molecule has 0 radical (unpaired) electrons. The first kappa shape index (κ1) is 15.5. The molecule has 0 atom stereocenters. The van der Waals surface area contributed by atoms with Crippen molar-refractivity contribution in [3.05, 3.63) is 48.0 Å². The Kier molecular flexibility index (Phi) is 3.78. The smallest absolute Gasteiger partial charge is 0.249 e. The highest BCUT2D eigenvalue weighted by Gasteiger charge is 2.51. The highest BCUT2D eigenvalue weighted by atomic mass is 127. The Balaban J connectivity index is 0.00000147. The van der Waals surface area contributed by atoms with Crippen molar-refractivity contribution in [2.24, 2.45) is 7.05 Å². The van der Waals surface area contributed by atoms with Gasteiger partial charge >= 0.3 is 0 Å². The zero-order chi connectivity index (χ0) is 13.8. The van der Waals surface area contributed by atoms with Gasteiger partial charge in [-0.15, -0.1) is 0 Å². The van der Waals surface area contributed by atoms with Crippen LogP contribution in [0.25, 0.3) is 5.69 Å². The van der Waals surface area contributed by atoms with Gasteiger partial charge in [-0.05, 0) is 18.6 Å². The van der Waals surface area contributed by atoms with E-state index in [1.165, 1.54) is 23.5 Å². The molecule has 0 N–H and O–H groups in total. The van der Waals surface area contributed by atoms with Gasteiger partial charge in [0.25, 0.3) is 0 Å². The number of fused-ring (bicyclic) bond motifs is 1. The first-order valence-corrected chi connectivity index (χ1v) is 7.00. The fourth-order valence-corrected chi connectivity index (χ4v) is 4.07. The quantitative estimate of drug-likeness (QED) is 0.495. The molecule has 0 amide bonds. The van der Waals surface area contributed by atoms with Crippen molar-refractivity contribution >= 4 is 0 Å². The minimum atomic E-state index is 0. The number of halogens is 1. The first-order chi connectivity index (χ1) is 8.83. The van der Waals surface area contributed by atoms with Gasteiger partial charge in [-0.2, -0.15) is 4.57 Å². The third kappa shape index (κ3) is 2.20. The summed E-state index contributed by atoms with van der Waals surface area (Å²) in [6, 6.07) is 10.6. The molecule has 2 aromatic rings. The lowest BCUT2D eigenvalue weighted by Crippen LogP contribution is -3.00. The molecular formula is C17H23IN2. The summed E-state index contributed by atoms with van der Waals surface area (Å²) in [5, 5.41) is 0. The van der Waals surface area contributed by atoms with E-state index in [4.69, 9.17) is 0 Å². The summed E-state index contributed by atoms with van der Waals surface area (Å²) in [6.07, 6.45) is 3.43. The number of benzene rings is 1. The molecule has 0 aliphatic heterocycles. The average Bonchev–Trinajstić information content (AvgIpc) is 2.76. The number of aromatic nitrogens is 2. The zero-order valence-electron chi connectivity index (χ0n) is 12.9. The minimum absolute atomic E-state index is 0. The van der Waals surface area contributed by atoms with Gasteiger partial charge in [0.05, 0.1) is 7.05 Å². The van der Waals surface area contributed by atoms with Gasteiger partial charge in [0.15, 0.2) is 11.4 Å². The van der Waals surface area contributed by atoms with Crippen molar-refractivity contribution in [1.29, 1.82) is 0 Å². The predicted molar refractivity (Wildman–Crippen MR) is 77.6 cm³/mol. The highest BCUT2D eigenvalue weighted by molar-refractivity contribution is 5.35. The van der Waals surface area contributed by atoms with Crippen LogP contribution < -0.4 is 28.5 Å². The number of aryl methyl sites for hydroxylation is 1. The highest BCUT2D eigenvalue weighted by Crippen LogP contribution is 2.47. The third-order valence-corrected chi connectivity index (χ3v) is 4.31. The van der Waals surface area contributed by atoms with Crippen molar-refractivity contribution < 1.29 is 28.5 Å². The Morgan fingerprint density at radius 2 is 1.60 bits per heavy atom. The summed E-state index contributed by atoms with van der Waals surface area (Å²) >= 11 is 0. The first-order valence-electron chi connectivity index (χ1n) is 7.00. The lowest BCUT2D eigenvalue weighted by molar-refractivity contribution is -0.607. The number of imidazole rings is 1. The van der Waals surface area contributed by atoms with Crippen LogP contribution in [0.2, 0.25) is 0 Å². The van der Waals surface area contributed by atoms with E-state index in [9.17, 15) is 0 Å². The van der Waals surface area contributed by atoms with Gasteiger partial charge in [0, 0.05) is 10.8 Å². The molecule has 0 fully saturated rings. The SMILES string of the molecule is Cn1c[n+](-c2ccccc2)c2c1C(C)(C)CC2(C)C.[I-]. The fourth-order valence-electron chi connectivity index (χ4n) is 4.07. The number of para-hydroxylation sites is 1. The molecule has 0 unspecified atom stereocenters. The summed E-state index contributed by atoms with van der Waals surface area (Å²) in [7, 11) is 2.17. The van der Waals surface area contributed by atoms with Crippen LogP contribution in [0.1, 0.15) is 45.5 Å². The molecule has 3 rings (SSSR count). The molecule has 108 valence electrons. The van der Waals surface area contributed by atoms with Crippen LogP contribution in [0.15, 0.2) is 36.7 Å². The Labute approximate surface area is 138 Å². The van der Waals surface area contributed by atoms with Gasteiger partial charge in [0.1, 0.15) is 5.69 Å². The van der Waals surface area contributed by atoms with Crippen molar-refractivity contribution in [3.63, 3.8) is 0 Å². The molecule has 2 nitrogen and oxygen atoms in total. The van der Waals surface area contributed by atoms with Crippen molar-refractivity contribution in [1.82, 2.24) is 4.57 Å². The largest absolute Gasteiger partial charge is 1.00 e. The average molecular weight is 382 g/mol. The van der Waals surface area contributed by atoms with E-state index in [0.29, 0.717) is 0 Å². The van der Waals surface area contributed by atoms with Crippen molar-refractivity contribution in [2.75, 3.05) is 0 Å². The van der Waals surface area contributed by atoms with Gasteiger partial charge in [-0.1, -0.05) is 45.9 Å². The maximum Gasteiger partial charge on any atom is 0.249 e. The molecule has 20 heavy (non-hydrogen) atoms. The number of rotatable bonds is 1. The van der Waals surface area contributed by atoms with Crippen molar-refractivity contribution in [3.8, 4) is 5.69 Å². The molecule has 0 saturated carbocycles. The van der Waals surface area contributed by atoms with Crippen molar-refractivity contribution in [2.45, 2.75) is 44.9 Å². The summed E-state index contributed by atoms with van der Waals surface area (Å²) < 4.78 is 4.67. The van der Waals surface area contributed by atoms with E-state index < -0.39 is 0 Å². The van der Waals surface area contributed by atoms with Crippen LogP contribution in [0.5, 0.6) is 0 Å². The summed E-state index contributed by atoms with van der Waals surface area (Å²) in [5.74, 6) is 0. The second-order valence-electron chi connectivity index (χ2n) is 7.07. The minimum Gasteiger partial charge on any atom is -1.00 e. The predicted octanol–water partition coefficient (Wildman–Crippen LogP) is 0.265. The summed E-state index contributed by atoms with van der Waals surface area (Å²) in [5.41, 5.74) is 4.65. The number of nitrogens with zero attached hydrogens (tertiary/aromatic N) is 2. The van der Waals surface area contributed by atoms with Crippen LogP contribution in [-0.4, -0.2) is 4.57 Å². The zero-order valence-corrected chi connectivity index (χ0v) is 15.1. The molecule has 3 heteroatoms. The van der Waals surface area contributed by atoms with Crippen LogP contribution in [0.3, 0.4) is 0 Å².